The minimum Gasteiger partial charge on any atom is -0.495 e. The topological polar surface area (TPSA) is 103 Å². The van der Waals surface area contributed by atoms with Crippen LogP contribution in [0.3, 0.4) is 0 Å². The Hall–Kier alpha value is -3.40. The van der Waals surface area contributed by atoms with Crippen molar-refractivity contribution in [2.75, 3.05) is 48.9 Å². The van der Waals surface area contributed by atoms with Crippen LogP contribution >= 0.6 is 0 Å². The molecule has 2 aliphatic heterocycles. The van der Waals surface area contributed by atoms with Crippen LogP contribution in [0, 0.1) is 5.41 Å². The number of rotatable bonds is 7. The molecule has 2 aromatic rings. The Kier molecular flexibility index (Phi) is 8.40. The summed E-state index contributed by atoms with van der Waals surface area (Å²) in [5, 5.41) is 6.50. The summed E-state index contributed by atoms with van der Waals surface area (Å²) in [5.41, 5.74) is 1.39. The lowest BCUT2D eigenvalue weighted by Crippen LogP contribution is -2.46. The summed E-state index contributed by atoms with van der Waals surface area (Å²) in [5.74, 6) is 1.69. The maximum atomic E-state index is 13.3. The van der Waals surface area contributed by atoms with Crippen LogP contribution in [0.1, 0.15) is 76.6 Å². The van der Waals surface area contributed by atoms with E-state index in [0.717, 1.165) is 50.3 Å². The number of aromatic nitrogens is 2. The highest BCUT2D eigenvalue weighted by Crippen LogP contribution is 2.40. The second-order valence-corrected chi connectivity index (χ2v) is 12.6. The van der Waals surface area contributed by atoms with Crippen LogP contribution in [0.25, 0.3) is 0 Å². The van der Waals surface area contributed by atoms with Crippen molar-refractivity contribution in [1.29, 1.82) is 0 Å². The molecule has 5 rings (SSSR count). The van der Waals surface area contributed by atoms with Crippen molar-refractivity contribution in [1.82, 2.24) is 20.2 Å². The molecule has 222 valence electrons. The fourth-order valence-electron chi connectivity index (χ4n) is 6.41. The van der Waals surface area contributed by atoms with Crippen molar-refractivity contribution in [2.45, 2.75) is 84.3 Å². The summed E-state index contributed by atoms with van der Waals surface area (Å²) in [4.78, 5) is 42.3. The second-order valence-electron chi connectivity index (χ2n) is 12.6. The number of likely N-dealkylation sites (tertiary alicyclic amines) is 1. The fraction of sp³-hybridized carbons (Fsp3) is 0.613. The summed E-state index contributed by atoms with van der Waals surface area (Å²) in [6.07, 6.45) is 8.18. The number of benzene rings is 1. The van der Waals surface area contributed by atoms with Gasteiger partial charge in [0.25, 0.3) is 5.91 Å². The minimum absolute atomic E-state index is 0.0598. The molecule has 3 heterocycles. The van der Waals surface area contributed by atoms with Gasteiger partial charge >= 0.3 is 0 Å². The maximum Gasteiger partial charge on any atom is 0.251 e. The first-order valence-electron chi connectivity index (χ1n) is 15.0. The number of hydrogen-bond acceptors (Lipinski definition) is 8. The van der Waals surface area contributed by atoms with Crippen LogP contribution < -0.4 is 25.2 Å². The quantitative estimate of drug-likeness (QED) is 0.505. The SMILES string of the molecule is COc1cc(C(=O)NC2CCN(C(C)C)CC2)ccc1Nc1ncc2c(n1)N(C1CCCC1)CC(C)(C)C(=O)N2C. The molecule has 2 amide bonds. The van der Waals surface area contributed by atoms with Crippen LogP contribution in [-0.2, 0) is 4.79 Å². The number of carbonyl (C=O) groups is 2. The van der Waals surface area contributed by atoms with Gasteiger partial charge in [0.1, 0.15) is 11.4 Å². The van der Waals surface area contributed by atoms with E-state index < -0.39 is 5.41 Å². The number of piperidine rings is 1. The molecule has 1 saturated carbocycles. The largest absolute Gasteiger partial charge is 0.495 e. The van der Waals surface area contributed by atoms with E-state index in [1.807, 2.05) is 19.9 Å². The predicted octanol–water partition coefficient (Wildman–Crippen LogP) is 4.58. The molecule has 2 fully saturated rings. The van der Waals surface area contributed by atoms with Crippen LogP contribution in [0.5, 0.6) is 5.75 Å². The minimum atomic E-state index is -0.545. The van der Waals surface area contributed by atoms with Crippen LogP contribution in [-0.4, -0.2) is 78.6 Å². The molecule has 0 unspecified atom stereocenters. The van der Waals surface area contributed by atoms with Gasteiger partial charge in [0, 0.05) is 50.4 Å². The second kappa shape index (κ2) is 11.8. The third kappa shape index (κ3) is 6.12. The van der Waals surface area contributed by atoms with Gasteiger partial charge in [-0.1, -0.05) is 12.8 Å². The normalized spacial score (nSPS) is 20.2. The van der Waals surface area contributed by atoms with Crippen molar-refractivity contribution in [3.05, 3.63) is 30.0 Å². The molecular weight excluding hydrogens is 518 g/mol. The average Bonchev–Trinajstić information content (AvgIpc) is 3.48. The molecule has 10 nitrogen and oxygen atoms in total. The van der Waals surface area contributed by atoms with E-state index in [2.05, 4.69) is 39.3 Å². The van der Waals surface area contributed by atoms with Gasteiger partial charge in [0.05, 0.1) is 24.4 Å². The average molecular weight is 564 g/mol. The molecule has 0 bridgehead atoms. The molecule has 0 spiro atoms. The van der Waals surface area contributed by atoms with Gasteiger partial charge in [-0.15, -0.1) is 0 Å². The van der Waals surface area contributed by atoms with Crippen molar-refractivity contribution < 1.29 is 14.3 Å². The lowest BCUT2D eigenvalue weighted by Gasteiger charge is -2.34. The van der Waals surface area contributed by atoms with Crippen molar-refractivity contribution in [3.63, 3.8) is 0 Å². The molecule has 0 atom stereocenters. The van der Waals surface area contributed by atoms with E-state index in [1.54, 1.807) is 37.4 Å². The highest BCUT2D eigenvalue weighted by Gasteiger charge is 2.41. The molecule has 1 saturated heterocycles. The Morgan fingerprint density at radius 3 is 2.49 bits per heavy atom. The van der Waals surface area contributed by atoms with Crippen molar-refractivity contribution >= 4 is 35.0 Å². The number of amides is 2. The number of hydrogen-bond donors (Lipinski definition) is 2. The zero-order chi connectivity index (χ0) is 29.3. The summed E-state index contributed by atoms with van der Waals surface area (Å²) in [6.45, 7) is 11.0. The highest BCUT2D eigenvalue weighted by molar-refractivity contribution is 6.01. The Balaban J connectivity index is 1.35. The number of methoxy groups -OCH3 is 1. The third-order valence-electron chi connectivity index (χ3n) is 8.90. The Labute approximate surface area is 243 Å². The van der Waals surface area contributed by atoms with E-state index in [0.29, 0.717) is 41.6 Å². The van der Waals surface area contributed by atoms with Crippen molar-refractivity contribution in [2.24, 2.45) is 5.41 Å². The first kappa shape index (κ1) is 29.1. The monoisotopic (exact) mass is 563 g/mol. The number of nitrogens with zero attached hydrogens (tertiary/aromatic N) is 5. The molecular formula is C31H45N7O3. The summed E-state index contributed by atoms with van der Waals surface area (Å²) >= 11 is 0. The Morgan fingerprint density at radius 2 is 1.83 bits per heavy atom. The van der Waals surface area contributed by atoms with Crippen LogP contribution in [0.15, 0.2) is 24.4 Å². The van der Waals surface area contributed by atoms with Gasteiger partial charge in [0.15, 0.2) is 5.82 Å². The van der Waals surface area contributed by atoms with Gasteiger partial charge < -0.3 is 30.1 Å². The molecule has 3 aliphatic rings. The Bertz CT molecular complexity index is 1270. The summed E-state index contributed by atoms with van der Waals surface area (Å²) in [7, 11) is 3.39. The first-order valence-corrected chi connectivity index (χ1v) is 15.0. The van der Waals surface area contributed by atoms with E-state index in [-0.39, 0.29) is 17.9 Å². The number of nitrogens with one attached hydrogen (secondary N) is 2. The summed E-state index contributed by atoms with van der Waals surface area (Å²) in [6, 6.07) is 6.43. The lowest BCUT2D eigenvalue weighted by molar-refractivity contribution is -0.125. The fourth-order valence-corrected chi connectivity index (χ4v) is 6.41. The molecule has 10 heteroatoms. The zero-order valence-corrected chi connectivity index (χ0v) is 25.4. The van der Waals surface area contributed by atoms with Gasteiger partial charge in [-0.2, -0.15) is 4.98 Å². The molecule has 41 heavy (non-hydrogen) atoms. The predicted molar refractivity (Wildman–Crippen MR) is 162 cm³/mol. The maximum absolute atomic E-state index is 13.3. The molecule has 1 aromatic heterocycles. The molecule has 1 aliphatic carbocycles. The number of ether oxygens (including phenoxy) is 1. The van der Waals surface area contributed by atoms with Gasteiger partial charge in [0.2, 0.25) is 11.9 Å². The van der Waals surface area contributed by atoms with Gasteiger partial charge in [-0.25, -0.2) is 4.98 Å². The standard InChI is InChI=1S/C31H45N7O3/c1-20(2)37-15-13-22(14-16-37)33-28(39)21-11-12-24(26(17-21)41-6)34-30-32-18-25-27(35-30)38(23-9-7-8-10-23)19-31(3,4)29(40)36(25)5/h11-12,17-18,20,22-23H,7-10,13-16,19H2,1-6H3,(H,33,39)(H,32,34,35). The van der Waals surface area contributed by atoms with Crippen LogP contribution in [0.4, 0.5) is 23.1 Å². The van der Waals surface area contributed by atoms with E-state index in [4.69, 9.17) is 9.72 Å². The summed E-state index contributed by atoms with van der Waals surface area (Å²) < 4.78 is 5.66. The third-order valence-corrected chi connectivity index (χ3v) is 8.90. The van der Waals surface area contributed by atoms with E-state index >= 15 is 0 Å². The van der Waals surface area contributed by atoms with Gasteiger partial charge in [-0.05, 0) is 71.6 Å². The van der Waals surface area contributed by atoms with E-state index in [9.17, 15) is 9.59 Å². The lowest BCUT2D eigenvalue weighted by atomic mass is 9.91. The Morgan fingerprint density at radius 1 is 1.12 bits per heavy atom. The van der Waals surface area contributed by atoms with Gasteiger partial charge in [-0.3, -0.25) is 9.59 Å². The highest BCUT2D eigenvalue weighted by atomic mass is 16.5. The van der Waals surface area contributed by atoms with Crippen LogP contribution in [0.2, 0.25) is 0 Å². The molecule has 0 radical (unpaired) electrons. The smallest absolute Gasteiger partial charge is 0.251 e. The van der Waals surface area contributed by atoms with E-state index in [1.165, 1.54) is 12.8 Å². The number of fused-ring (bicyclic) bond motifs is 1. The molecule has 1 aromatic carbocycles. The number of carbonyl (C=O) groups excluding carboxylic acids is 2. The first-order chi connectivity index (χ1) is 19.6. The zero-order valence-electron chi connectivity index (χ0n) is 25.4. The molecule has 2 N–H and O–H groups in total. The van der Waals surface area contributed by atoms with Crippen molar-refractivity contribution in [3.8, 4) is 5.75 Å². The number of anilines is 4.